The Hall–Kier alpha value is -1.55. The Morgan fingerprint density at radius 1 is 1.26 bits per heavy atom. The van der Waals surface area contributed by atoms with E-state index in [0.717, 1.165) is 12.1 Å². The highest BCUT2D eigenvalue weighted by atomic mass is 35.5. The van der Waals surface area contributed by atoms with E-state index in [1.807, 2.05) is 24.3 Å². The number of amides is 1. The molecule has 3 fully saturated rings. The highest BCUT2D eigenvalue weighted by molar-refractivity contribution is 6.22. The van der Waals surface area contributed by atoms with Gasteiger partial charge in [-0.25, -0.2) is 0 Å². The molecule has 0 aromatic heterocycles. The second kappa shape index (κ2) is 5.23. The maximum atomic E-state index is 12.7. The lowest BCUT2D eigenvalue weighted by molar-refractivity contribution is -0.145. The third-order valence-corrected chi connectivity index (χ3v) is 6.24. The molecule has 1 aliphatic heterocycles. The summed E-state index contributed by atoms with van der Waals surface area (Å²) < 4.78 is 5.37. The van der Waals surface area contributed by atoms with Crippen LogP contribution in [0.25, 0.3) is 0 Å². The summed E-state index contributed by atoms with van der Waals surface area (Å²) in [5, 5.41) is 2.72. The zero-order valence-electron chi connectivity index (χ0n) is 13.2. The molecular formula is C18H20ClNO3. The molecule has 4 nitrogen and oxygen atoms in total. The Balaban J connectivity index is 1.52. The van der Waals surface area contributed by atoms with Crippen molar-refractivity contribution in [2.75, 3.05) is 5.32 Å². The first kappa shape index (κ1) is 15.0. The predicted molar refractivity (Wildman–Crippen MR) is 87.3 cm³/mol. The first-order valence-corrected chi connectivity index (χ1v) is 8.66. The summed E-state index contributed by atoms with van der Waals surface area (Å²) in [6.45, 7) is 4.26. The summed E-state index contributed by atoms with van der Waals surface area (Å²) in [5.41, 5.74) is 1.99. The van der Waals surface area contributed by atoms with Crippen LogP contribution in [0.3, 0.4) is 0 Å². The van der Waals surface area contributed by atoms with Crippen molar-refractivity contribution in [1.29, 1.82) is 0 Å². The number of fused-ring (bicyclic) bond motifs is 1. The van der Waals surface area contributed by atoms with Gasteiger partial charge in [0.15, 0.2) is 0 Å². The summed E-state index contributed by atoms with van der Waals surface area (Å²) in [5.74, 6) is -0.420. The molecule has 23 heavy (non-hydrogen) atoms. The molecule has 2 saturated carbocycles. The molecule has 1 aromatic rings. The van der Waals surface area contributed by atoms with Gasteiger partial charge in [0.2, 0.25) is 5.91 Å². The van der Waals surface area contributed by atoms with Crippen molar-refractivity contribution in [3.8, 4) is 0 Å². The van der Waals surface area contributed by atoms with Gasteiger partial charge in [-0.3, -0.25) is 9.59 Å². The topological polar surface area (TPSA) is 55.4 Å². The van der Waals surface area contributed by atoms with E-state index in [2.05, 4.69) is 19.2 Å². The molecule has 2 bridgehead atoms. The van der Waals surface area contributed by atoms with E-state index >= 15 is 0 Å². The summed E-state index contributed by atoms with van der Waals surface area (Å²) in [7, 11) is 0. The van der Waals surface area contributed by atoms with Crippen molar-refractivity contribution in [3.05, 3.63) is 29.8 Å². The number of carbonyl (C=O) groups excluding carboxylic acids is 2. The second-order valence-electron chi connectivity index (χ2n) is 7.23. The number of alkyl halides is 1. The summed E-state index contributed by atoms with van der Waals surface area (Å²) in [4.78, 5) is 24.8. The fourth-order valence-corrected chi connectivity index (χ4v) is 5.01. The molecule has 0 radical (unpaired) electrons. The molecular weight excluding hydrogens is 314 g/mol. The van der Waals surface area contributed by atoms with Crippen LogP contribution in [-0.4, -0.2) is 23.4 Å². The first-order valence-electron chi connectivity index (χ1n) is 8.22. The minimum absolute atomic E-state index is 0.0399. The lowest BCUT2D eigenvalue weighted by Gasteiger charge is -2.27. The van der Waals surface area contributed by atoms with E-state index in [0.29, 0.717) is 5.92 Å². The number of benzene rings is 1. The zero-order valence-corrected chi connectivity index (χ0v) is 13.9. The third kappa shape index (κ3) is 2.18. The van der Waals surface area contributed by atoms with Crippen molar-refractivity contribution in [3.63, 3.8) is 0 Å². The smallest absolute Gasteiger partial charge is 0.310 e. The van der Waals surface area contributed by atoms with E-state index in [1.165, 1.54) is 5.56 Å². The fourth-order valence-electron chi connectivity index (χ4n) is 4.51. The number of rotatable bonds is 3. The van der Waals surface area contributed by atoms with Crippen molar-refractivity contribution < 1.29 is 14.3 Å². The van der Waals surface area contributed by atoms with Crippen molar-refractivity contribution in [2.24, 2.45) is 23.7 Å². The SMILES string of the molecule is CC(C)c1ccc(NC(=O)C2C3CC4C(OC(=O)C42)C3Cl)cc1. The Morgan fingerprint density at radius 3 is 2.61 bits per heavy atom. The van der Waals surface area contributed by atoms with E-state index in [4.69, 9.17) is 16.3 Å². The van der Waals surface area contributed by atoms with Crippen LogP contribution < -0.4 is 5.32 Å². The van der Waals surface area contributed by atoms with Gasteiger partial charge in [-0.15, -0.1) is 11.6 Å². The zero-order chi connectivity index (χ0) is 16.3. The van der Waals surface area contributed by atoms with Crippen LogP contribution in [0.4, 0.5) is 5.69 Å². The van der Waals surface area contributed by atoms with Crippen LogP contribution in [0.5, 0.6) is 0 Å². The first-order chi connectivity index (χ1) is 11.0. The van der Waals surface area contributed by atoms with Gasteiger partial charge in [0, 0.05) is 11.6 Å². The molecule has 1 N–H and O–H groups in total. The number of hydrogen-bond donors (Lipinski definition) is 1. The highest BCUT2D eigenvalue weighted by Crippen LogP contribution is 2.59. The normalized spacial score (nSPS) is 37.3. The van der Waals surface area contributed by atoms with E-state index in [9.17, 15) is 9.59 Å². The van der Waals surface area contributed by atoms with Gasteiger partial charge >= 0.3 is 5.97 Å². The van der Waals surface area contributed by atoms with Crippen LogP contribution in [0.15, 0.2) is 24.3 Å². The minimum Gasteiger partial charge on any atom is -0.460 e. The molecule has 6 unspecified atom stereocenters. The van der Waals surface area contributed by atoms with Crippen LogP contribution in [-0.2, 0) is 14.3 Å². The van der Waals surface area contributed by atoms with E-state index in [1.54, 1.807) is 0 Å². The summed E-state index contributed by atoms with van der Waals surface area (Å²) in [6.07, 6.45) is 0.633. The van der Waals surface area contributed by atoms with Gasteiger partial charge in [0.25, 0.3) is 0 Å². The summed E-state index contributed by atoms with van der Waals surface area (Å²) >= 11 is 6.41. The van der Waals surface area contributed by atoms with Crippen molar-refractivity contribution in [2.45, 2.75) is 37.7 Å². The van der Waals surface area contributed by atoms with Gasteiger partial charge in [-0.05, 0) is 36.0 Å². The second-order valence-corrected chi connectivity index (χ2v) is 7.73. The number of halogens is 1. The van der Waals surface area contributed by atoms with Gasteiger partial charge in [-0.2, -0.15) is 0 Å². The van der Waals surface area contributed by atoms with E-state index in [-0.39, 0.29) is 47.0 Å². The van der Waals surface area contributed by atoms with Gasteiger partial charge in [0.05, 0.1) is 17.2 Å². The van der Waals surface area contributed by atoms with Gasteiger partial charge in [-0.1, -0.05) is 26.0 Å². The molecule has 3 aliphatic rings. The number of carbonyl (C=O) groups is 2. The molecule has 1 amide bonds. The van der Waals surface area contributed by atoms with Crippen LogP contribution in [0, 0.1) is 23.7 Å². The van der Waals surface area contributed by atoms with Crippen molar-refractivity contribution >= 4 is 29.2 Å². The standard InChI is InChI=1S/C18H20ClNO3/c1-8(2)9-3-5-10(6-4-9)20-17(21)13-11-7-12-14(13)18(22)23-16(12)15(11)19/h3-6,8,11-16H,7H2,1-2H3,(H,20,21). The van der Waals surface area contributed by atoms with E-state index < -0.39 is 0 Å². The Morgan fingerprint density at radius 2 is 1.96 bits per heavy atom. The Kier molecular flexibility index (Phi) is 3.41. The largest absolute Gasteiger partial charge is 0.460 e. The molecule has 6 atom stereocenters. The molecule has 0 spiro atoms. The average molecular weight is 334 g/mol. The predicted octanol–water partition coefficient (Wildman–Crippen LogP) is 3.16. The number of esters is 1. The van der Waals surface area contributed by atoms with Gasteiger partial charge in [0.1, 0.15) is 6.10 Å². The van der Waals surface area contributed by atoms with Crippen molar-refractivity contribution in [1.82, 2.24) is 0 Å². The molecule has 4 rings (SSSR count). The quantitative estimate of drug-likeness (QED) is 0.683. The number of hydrogen-bond acceptors (Lipinski definition) is 3. The lowest BCUT2D eigenvalue weighted by Crippen LogP contribution is -2.40. The number of anilines is 1. The number of nitrogens with one attached hydrogen (secondary N) is 1. The third-order valence-electron chi connectivity index (χ3n) is 5.67. The lowest BCUT2D eigenvalue weighted by atomic mass is 9.79. The monoisotopic (exact) mass is 333 g/mol. The Labute approximate surface area is 140 Å². The molecule has 2 aliphatic carbocycles. The maximum absolute atomic E-state index is 12.7. The Bertz CT molecular complexity index is 657. The van der Waals surface area contributed by atoms with Crippen LogP contribution in [0.1, 0.15) is 31.7 Å². The van der Waals surface area contributed by atoms with Crippen LogP contribution >= 0.6 is 11.6 Å². The van der Waals surface area contributed by atoms with Gasteiger partial charge < -0.3 is 10.1 Å². The molecule has 1 saturated heterocycles. The maximum Gasteiger partial charge on any atom is 0.310 e. The average Bonchev–Trinajstić information content (AvgIpc) is 3.12. The highest BCUT2D eigenvalue weighted by Gasteiger charge is 2.67. The minimum atomic E-state index is -0.362. The van der Waals surface area contributed by atoms with Crippen LogP contribution in [0.2, 0.25) is 0 Å². The molecule has 122 valence electrons. The fraction of sp³-hybridized carbons (Fsp3) is 0.556. The number of ether oxygens (including phenoxy) is 1. The summed E-state index contributed by atoms with van der Waals surface area (Å²) in [6, 6.07) is 7.86. The molecule has 5 heteroatoms. The molecule has 1 aromatic carbocycles. The molecule has 1 heterocycles.